The Labute approximate surface area is 175 Å². The molecule has 8 nitrogen and oxygen atoms in total. The molecule has 1 aromatic heterocycles. The molecule has 0 amide bonds. The predicted molar refractivity (Wildman–Crippen MR) is 115 cm³/mol. The monoisotopic (exact) mass is 404 g/mol. The molecule has 3 aromatic rings. The van der Waals surface area contributed by atoms with Gasteiger partial charge in [0.05, 0.1) is 16.3 Å². The lowest BCUT2D eigenvalue weighted by Gasteiger charge is -2.23. The van der Waals surface area contributed by atoms with E-state index in [1.165, 1.54) is 6.07 Å². The maximum absolute atomic E-state index is 11.5. The molecule has 0 saturated carbocycles. The van der Waals surface area contributed by atoms with Crippen molar-refractivity contribution in [3.05, 3.63) is 81.4 Å². The van der Waals surface area contributed by atoms with Crippen molar-refractivity contribution < 1.29 is 4.92 Å². The van der Waals surface area contributed by atoms with Crippen LogP contribution in [0.5, 0.6) is 0 Å². The molecule has 1 atom stereocenters. The van der Waals surface area contributed by atoms with Gasteiger partial charge < -0.3 is 4.90 Å². The van der Waals surface area contributed by atoms with E-state index in [2.05, 4.69) is 36.1 Å². The van der Waals surface area contributed by atoms with Crippen molar-refractivity contribution in [3.8, 4) is 5.69 Å². The smallest absolute Gasteiger partial charge is 0.270 e. The van der Waals surface area contributed by atoms with Gasteiger partial charge in [-0.25, -0.2) is 0 Å². The molecule has 2 heterocycles. The molecule has 0 spiro atoms. The van der Waals surface area contributed by atoms with E-state index in [0.717, 1.165) is 41.5 Å². The Balaban J connectivity index is 1.89. The summed E-state index contributed by atoms with van der Waals surface area (Å²) in [5.41, 5.74) is 3.22. The molecular weight excluding hydrogens is 380 g/mol. The second-order valence-corrected chi connectivity index (χ2v) is 7.59. The van der Waals surface area contributed by atoms with Crippen molar-refractivity contribution >= 4 is 11.4 Å². The first-order valence-corrected chi connectivity index (χ1v) is 9.98. The Kier molecular flexibility index (Phi) is 5.41. The molecule has 0 fully saturated rings. The minimum absolute atomic E-state index is 0.0372. The highest BCUT2D eigenvalue weighted by molar-refractivity contribution is 6.15. The number of nitrogens with zero attached hydrogens (tertiary/aromatic N) is 6. The van der Waals surface area contributed by atoms with Gasteiger partial charge in [0.15, 0.2) is 5.82 Å². The van der Waals surface area contributed by atoms with E-state index < -0.39 is 0 Å². The molecule has 1 aliphatic heterocycles. The summed E-state index contributed by atoms with van der Waals surface area (Å²) < 4.78 is 2.02. The number of fused-ring (bicyclic) bond motifs is 3. The lowest BCUT2D eigenvalue weighted by Crippen LogP contribution is -2.30. The minimum Gasteiger partial charge on any atom is -0.306 e. The molecule has 0 saturated heterocycles. The number of aromatic nitrogens is 3. The van der Waals surface area contributed by atoms with Gasteiger partial charge >= 0.3 is 0 Å². The van der Waals surface area contributed by atoms with Crippen LogP contribution in [0.2, 0.25) is 0 Å². The second-order valence-electron chi connectivity index (χ2n) is 7.59. The van der Waals surface area contributed by atoms with Gasteiger partial charge in [-0.05, 0) is 26.6 Å². The van der Waals surface area contributed by atoms with Crippen LogP contribution in [0, 0.1) is 10.1 Å². The van der Waals surface area contributed by atoms with Gasteiger partial charge in [0.25, 0.3) is 5.69 Å². The lowest BCUT2D eigenvalue weighted by atomic mass is 9.99. The molecule has 154 valence electrons. The van der Waals surface area contributed by atoms with Crippen molar-refractivity contribution in [3.63, 3.8) is 0 Å². The first kappa shape index (κ1) is 19.9. The number of rotatable bonds is 6. The topological polar surface area (TPSA) is 89.4 Å². The Hall–Kier alpha value is -3.39. The van der Waals surface area contributed by atoms with Crippen LogP contribution in [0.3, 0.4) is 0 Å². The molecule has 1 unspecified atom stereocenters. The number of non-ortho nitro benzene ring substituents is 1. The largest absolute Gasteiger partial charge is 0.306 e. The SMILES string of the molecule is CCC(Cc1nnc2n1-c1ccc([N+](=O)[O-])cc1C(c1ccccc1)=NC2)N(C)C. The van der Waals surface area contributed by atoms with Crippen LogP contribution >= 0.6 is 0 Å². The fraction of sp³-hybridized carbons (Fsp3) is 0.318. The third-order valence-corrected chi connectivity index (χ3v) is 5.53. The number of aliphatic imine (C=N–C) groups is 1. The van der Waals surface area contributed by atoms with Crippen LogP contribution in [0.15, 0.2) is 53.5 Å². The number of nitro groups is 1. The van der Waals surface area contributed by atoms with Crippen LogP contribution in [0.1, 0.15) is 36.1 Å². The summed E-state index contributed by atoms with van der Waals surface area (Å²) >= 11 is 0. The van der Waals surface area contributed by atoms with Gasteiger partial charge in [-0.1, -0.05) is 37.3 Å². The van der Waals surface area contributed by atoms with E-state index in [9.17, 15) is 10.1 Å². The van der Waals surface area contributed by atoms with Gasteiger partial charge in [-0.3, -0.25) is 19.7 Å². The average molecular weight is 404 g/mol. The maximum atomic E-state index is 11.5. The van der Waals surface area contributed by atoms with Crippen LogP contribution < -0.4 is 0 Å². The van der Waals surface area contributed by atoms with Gasteiger partial charge in [-0.2, -0.15) is 0 Å². The minimum atomic E-state index is -0.374. The van der Waals surface area contributed by atoms with E-state index in [1.807, 2.05) is 34.9 Å². The number of hydrogen-bond acceptors (Lipinski definition) is 6. The fourth-order valence-electron chi connectivity index (χ4n) is 3.87. The third-order valence-electron chi connectivity index (χ3n) is 5.53. The third kappa shape index (κ3) is 3.61. The quantitative estimate of drug-likeness (QED) is 0.464. The van der Waals surface area contributed by atoms with Crippen LogP contribution in [-0.2, 0) is 13.0 Å². The molecule has 0 bridgehead atoms. The van der Waals surface area contributed by atoms with Crippen molar-refractivity contribution in [2.75, 3.05) is 14.1 Å². The molecule has 0 N–H and O–H groups in total. The van der Waals surface area contributed by atoms with Crippen molar-refractivity contribution in [2.24, 2.45) is 4.99 Å². The summed E-state index contributed by atoms with van der Waals surface area (Å²) in [4.78, 5) is 18.1. The van der Waals surface area contributed by atoms with E-state index >= 15 is 0 Å². The first-order chi connectivity index (χ1) is 14.5. The summed E-state index contributed by atoms with van der Waals surface area (Å²) in [7, 11) is 4.11. The Morgan fingerprint density at radius 2 is 1.93 bits per heavy atom. The highest BCUT2D eigenvalue weighted by atomic mass is 16.6. The number of likely N-dealkylation sites (N-methyl/N-ethyl adjacent to an activating group) is 1. The molecule has 0 aliphatic carbocycles. The summed E-state index contributed by atoms with van der Waals surface area (Å²) in [6.45, 7) is 2.51. The van der Waals surface area contributed by atoms with Crippen molar-refractivity contribution in [1.82, 2.24) is 19.7 Å². The molecule has 8 heteroatoms. The molecule has 30 heavy (non-hydrogen) atoms. The zero-order valence-corrected chi connectivity index (χ0v) is 17.3. The zero-order valence-electron chi connectivity index (χ0n) is 17.3. The first-order valence-electron chi connectivity index (χ1n) is 9.98. The molecular formula is C22H24N6O2. The summed E-state index contributed by atoms with van der Waals surface area (Å²) in [6.07, 6.45) is 1.71. The van der Waals surface area contributed by atoms with Crippen molar-refractivity contribution in [1.29, 1.82) is 0 Å². The van der Waals surface area contributed by atoms with Crippen LogP contribution in [-0.4, -0.2) is 50.4 Å². The molecule has 1 aliphatic rings. The summed E-state index contributed by atoms with van der Waals surface area (Å²) in [6, 6.07) is 15.0. The van der Waals surface area contributed by atoms with Crippen molar-refractivity contribution in [2.45, 2.75) is 32.4 Å². The highest BCUT2D eigenvalue weighted by Gasteiger charge is 2.26. The zero-order chi connectivity index (χ0) is 21.3. The highest BCUT2D eigenvalue weighted by Crippen LogP contribution is 2.29. The van der Waals surface area contributed by atoms with Gasteiger partial charge in [0.2, 0.25) is 0 Å². The van der Waals surface area contributed by atoms with Gasteiger partial charge in [-0.15, -0.1) is 10.2 Å². The van der Waals surface area contributed by atoms with Crippen LogP contribution in [0.4, 0.5) is 5.69 Å². The summed E-state index contributed by atoms with van der Waals surface area (Å²) in [5, 5.41) is 20.3. The maximum Gasteiger partial charge on any atom is 0.270 e. The predicted octanol–water partition coefficient (Wildman–Crippen LogP) is 3.41. The average Bonchev–Trinajstić information content (AvgIpc) is 3.06. The molecule has 0 radical (unpaired) electrons. The van der Waals surface area contributed by atoms with Gasteiger partial charge in [0.1, 0.15) is 12.4 Å². The van der Waals surface area contributed by atoms with E-state index in [4.69, 9.17) is 4.99 Å². The van der Waals surface area contributed by atoms with E-state index in [-0.39, 0.29) is 10.6 Å². The fourth-order valence-corrected chi connectivity index (χ4v) is 3.87. The Morgan fingerprint density at radius 3 is 2.60 bits per heavy atom. The Morgan fingerprint density at radius 1 is 1.17 bits per heavy atom. The molecule has 4 rings (SSSR count). The standard InChI is InChI=1S/C22H24N6O2/c1-4-16(26(2)3)13-20-24-25-21-14-23-22(15-8-6-5-7-9-15)18-12-17(28(29)30)10-11-19(18)27(20)21/h5-12,16H,4,13-14H2,1-3H3. The number of nitro benzene ring substituents is 1. The van der Waals surface area contributed by atoms with Gasteiger partial charge in [0, 0.05) is 35.7 Å². The Bertz CT molecular complexity index is 1100. The number of hydrogen-bond donors (Lipinski definition) is 0. The van der Waals surface area contributed by atoms with E-state index in [1.54, 1.807) is 12.1 Å². The normalized spacial score (nSPS) is 13.9. The van der Waals surface area contributed by atoms with Crippen LogP contribution in [0.25, 0.3) is 5.69 Å². The van der Waals surface area contributed by atoms with E-state index in [0.29, 0.717) is 18.2 Å². The lowest BCUT2D eigenvalue weighted by molar-refractivity contribution is -0.384. The second kappa shape index (κ2) is 8.16. The molecule has 2 aromatic carbocycles. The number of benzene rings is 2. The summed E-state index contributed by atoms with van der Waals surface area (Å²) in [5.74, 6) is 1.57.